The summed E-state index contributed by atoms with van der Waals surface area (Å²) >= 11 is 5.76. The molecular formula is C60H75ClF4N12O11S2Si. The van der Waals surface area contributed by atoms with Crippen LogP contribution >= 0.6 is 11.6 Å². The number of aliphatic hydroxyl groups is 1. The first-order chi connectivity index (χ1) is 42.0. The molecule has 6 aromatic rings. The van der Waals surface area contributed by atoms with Gasteiger partial charge in [-0.2, -0.15) is 0 Å². The van der Waals surface area contributed by atoms with Crippen LogP contribution in [0.3, 0.4) is 0 Å². The Labute approximate surface area is 532 Å². The molecule has 10 rings (SSSR count). The Hall–Kier alpha value is -7.64. The fraction of sp³-hybridized carbons (Fsp3) is 0.450. The summed E-state index contributed by atoms with van der Waals surface area (Å²) in [4.78, 5) is 47.3. The molecule has 3 N–H and O–H groups in total. The maximum Gasteiger partial charge on any atom is 0.419 e. The number of aliphatic hydroxyl groups excluding tert-OH is 1. The summed E-state index contributed by atoms with van der Waals surface area (Å²) in [5, 5.41) is 8.49. The van der Waals surface area contributed by atoms with Gasteiger partial charge < -0.3 is 33.9 Å². The summed E-state index contributed by atoms with van der Waals surface area (Å²) in [6, 6.07) is 8.58. The second-order valence-corrected chi connectivity index (χ2v) is 34.9. The van der Waals surface area contributed by atoms with Crippen molar-refractivity contribution in [2.24, 2.45) is 15.7 Å². The summed E-state index contributed by atoms with van der Waals surface area (Å²) < 4.78 is 142. The number of nitrogens with two attached hydrogens (primary N) is 1. The van der Waals surface area contributed by atoms with Crippen LogP contribution in [-0.4, -0.2) is 134 Å². The minimum atomic E-state index is -4.19. The SMILES string of the molecule is C.CN1C(N(COCC[Si](C)(C)C)C(=O)OC(C)(C)C)=N[C@](C)(c2cc(/C=C(\F)c3cnc(Cl)cn3)ccc2F)C2(CC2)S1(=O)=O.Cc1cnc(CO)o1.Cc1cnc(COc2cnc(/C(F)=C/c3ccc(F)c([C@@]4(C)N=C(N)N(C)S(=O)(=O)C45CC5)c3)cn2)o1. The minimum absolute atomic E-state index is 0. The van der Waals surface area contributed by atoms with E-state index in [9.17, 15) is 21.6 Å². The highest BCUT2D eigenvalue weighted by atomic mass is 35.5. The molecule has 4 aromatic heterocycles. The molecule has 492 valence electrons. The Morgan fingerprint density at radius 1 is 0.758 bits per heavy atom. The molecule has 0 unspecified atom stereocenters. The first-order valence-corrected chi connectivity index (χ1v) is 35.2. The lowest BCUT2D eigenvalue weighted by atomic mass is 9.85. The van der Waals surface area contributed by atoms with Crippen LogP contribution in [-0.2, 0) is 53.8 Å². The molecule has 31 heteroatoms. The predicted molar refractivity (Wildman–Crippen MR) is 337 cm³/mol. The first-order valence-electron chi connectivity index (χ1n) is 28.2. The van der Waals surface area contributed by atoms with Gasteiger partial charge >= 0.3 is 6.09 Å². The summed E-state index contributed by atoms with van der Waals surface area (Å²) in [6.45, 7) is 18.1. The van der Waals surface area contributed by atoms with Crippen molar-refractivity contribution < 1.29 is 67.3 Å². The van der Waals surface area contributed by atoms with Gasteiger partial charge in [0.05, 0.1) is 37.2 Å². The number of amides is 1. The van der Waals surface area contributed by atoms with E-state index in [1.807, 2.05) is 0 Å². The molecule has 2 aliphatic carbocycles. The number of sulfonamides is 2. The Kier molecular flexibility index (Phi) is 20.9. The number of carbonyl (C=O) groups excluding carboxylic acids is 1. The standard InChI is InChI=1S/C30H40ClF2N5O5SSi.C24H24F2N6O4S.C5H7NO2.CH4/c1-28(2,3)43-27(39)38(19-42-13-14-45(6,7)8)26-36-29(4,30(11-12-30)44(40,41)37(26)5)21-15-20(9-10-22(21)32)16-23(33)24-17-35-25(31)18-34-24;1-14-10-29-21(36-14)13-35-20-12-28-19(11-30-20)18(26)9-15-4-5-17(25)16(8-15)23(2)24(6-7-24)37(33,34)32(3)22(27)31-23;1-4-2-6-5(3-7)8-4;/h9-10,15-18H,11-14,19H2,1-8H3;4-5,8-12H,6-7,13H2,1-3H3,(H2,27,31);2,7H,3H2,1H3;1H4/b23-16-;18-9-;;/t29-;23-;;/m11../s1. The Bertz CT molecular complexity index is 4010. The smallest absolute Gasteiger partial charge is 0.419 e. The number of halogens is 5. The molecule has 23 nitrogen and oxygen atoms in total. The second-order valence-electron chi connectivity index (χ2n) is 24.3. The number of aliphatic imine (C=N–C) groups is 2. The number of benzene rings is 2. The van der Waals surface area contributed by atoms with Crippen LogP contribution in [0.1, 0.15) is 125 Å². The van der Waals surface area contributed by atoms with Crippen molar-refractivity contribution in [2.75, 3.05) is 27.4 Å². The lowest BCUT2D eigenvalue weighted by molar-refractivity contribution is 0.00787. The number of guanidine groups is 2. The van der Waals surface area contributed by atoms with E-state index in [0.29, 0.717) is 37.0 Å². The molecule has 2 saturated carbocycles. The van der Waals surface area contributed by atoms with Crippen molar-refractivity contribution >= 4 is 81.5 Å². The topological polar surface area (TPSA) is 297 Å². The van der Waals surface area contributed by atoms with Crippen LogP contribution in [0.25, 0.3) is 23.8 Å². The van der Waals surface area contributed by atoms with Crippen molar-refractivity contribution in [1.82, 2.24) is 43.4 Å². The van der Waals surface area contributed by atoms with Gasteiger partial charge in [-0.05, 0) is 128 Å². The zero-order valence-corrected chi connectivity index (χ0v) is 55.1. The third-order valence-corrected chi connectivity index (χ3v) is 22.7. The minimum Gasteiger partial charge on any atom is -0.467 e. The Morgan fingerprint density at radius 2 is 1.25 bits per heavy atom. The number of rotatable bonds is 15. The summed E-state index contributed by atoms with van der Waals surface area (Å²) in [5.74, 6) is -1.11. The van der Waals surface area contributed by atoms with Crippen LogP contribution in [0.15, 0.2) is 92.4 Å². The number of hydrogen-bond donors (Lipinski definition) is 2. The Balaban J connectivity index is 0.000000230. The molecule has 2 spiro atoms. The highest BCUT2D eigenvalue weighted by Gasteiger charge is 2.72. The van der Waals surface area contributed by atoms with Gasteiger partial charge in [0.15, 0.2) is 18.3 Å². The Morgan fingerprint density at radius 3 is 1.68 bits per heavy atom. The molecule has 2 aromatic carbocycles. The van der Waals surface area contributed by atoms with Gasteiger partial charge in [0.25, 0.3) is 0 Å². The van der Waals surface area contributed by atoms with Crippen LogP contribution < -0.4 is 10.5 Å². The maximum atomic E-state index is 15.7. The zero-order valence-electron chi connectivity index (χ0n) is 51.7. The maximum absolute atomic E-state index is 15.7. The number of ether oxygens (including phenoxy) is 3. The van der Waals surface area contributed by atoms with E-state index < -0.39 is 83.7 Å². The van der Waals surface area contributed by atoms with Crippen molar-refractivity contribution in [1.29, 1.82) is 0 Å². The van der Waals surface area contributed by atoms with E-state index >= 15 is 17.6 Å². The third-order valence-electron chi connectivity index (χ3n) is 15.4. The molecule has 0 bridgehead atoms. The first kappa shape index (κ1) is 70.8. The molecular weight excluding hydrogens is 1270 g/mol. The molecule has 1 amide bonds. The number of oxazole rings is 2. The van der Waals surface area contributed by atoms with Crippen molar-refractivity contribution in [2.45, 2.75) is 147 Å². The molecule has 0 radical (unpaired) electrons. The average molecular weight is 1340 g/mol. The molecule has 2 atom stereocenters. The van der Waals surface area contributed by atoms with Gasteiger partial charge in [0.1, 0.15) is 79.2 Å². The molecule has 91 heavy (non-hydrogen) atoms. The monoisotopic (exact) mass is 1340 g/mol. The number of nitrogens with zero attached hydrogens (tertiary/aromatic N) is 11. The van der Waals surface area contributed by atoms with Crippen molar-refractivity contribution in [3.8, 4) is 5.88 Å². The lowest BCUT2D eigenvalue weighted by Crippen LogP contribution is -2.61. The van der Waals surface area contributed by atoms with Crippen molar-refractivity contribution in [3.63, 3.8) is 0 Å². The van der Waals surface area contributed by atoms with Crippen LogP contribution in [0.5, 0.6) is 5.88 Å². The van der Waals surface area contributed by atoms with E-state index in [0.717, 1.165) is 55.8 Å². The number of aromatic nitrogens is 6. The molecule has 2 fully saturated rings. The van der Waals surface area contributed by atoms with E-state index in [-0.39, 0.29) is 96.8 Å². The van der Waals surface area contributed by atoms with E-state index in [1.165, 1.54) is 63.9 Å². The normalized spacial score (nSPS) is 20.2. The molecule has 4 aliphatic rings. The summed E-state index contributed by atoms with van der Waals surface area (Å²) in [5.41, 5.74) is 2.13. The molecule has 0 saturated heterocycles. The predicted octanol–water partition coefficient (Wildman–Crippen LogP) is 11.1. The van der Waals surface area contributed by atoms with E-state index in [1.54, 1.807) is 53.9 Å². The van der Waals surface area contributed by atoms with Crippen LogP contribution in [0, 0.1) is 25.5 Å². The second kappa shape index (κ2) is 26.9. The van der Waals surface area contributed by atoms with Crippen LogP contribution in [0.2, 0.25) is 30.8 Å². The fourth-order valence-corrected chi connectivity index (χ4v) is 15.2. The van der Waals surface area contributed by atoms with Gasteiger partial charge in [-0.15, -0.1) is 0 Å². The van der Waals surface area contributed by atoms with Gasteiger partial charge in [-0.3, -0.25) is 0 Å². The number of hydrogen-bond acceptors (Lipinski definition) is 20. The van der Waals surface area contributed by atoms with Gasteiger partial charge in [0.2, 0.25) is 49.6 Å². The lowest BCUT2D eigenvalue weighted by Gasteiger charge is -2.45. The molecule has 6 heterocycles. The third kappa shape index (κ3) is 15.0. The van der Waals surface area contributed by atoms with Gasteiger partial charge in [0, 0.05) is 39.9 Å². The largest absolute Gasteiger partial charge is 0.467 e. The van der Waals surface area contributed by atoms with Crippen molar-refractivity contribution in [3.05, 3.63) is 147 Å². The van der Waals surface area contributed by atoms with Crippen LogP contribution in [0.4, 0.5) is 22.4 Å². The van der Waals surface area contributed by atoms with Gasteiger partial charge in [-0.25, -0.2) is 92.6 Å². The fourth-order valence-electron chi connectivity index (χ4n) is 10.1. The summed E-state index contributed by atoms with van der Waals surface area (Å²) in [6.07, 6.45) is 10.4. The number of carbonyl (C=O) groups is 1. The number of aryl methyl sites for hydroxylation is 2. The van der Waals surface area contributed by atoms with E-state index in [4.69, 9.17) is 50.5 Å². The van der Waals surface area contributed by atoms with E-state index in [2.05, 4.69) is 54.5 Å². The summed E-state index contributed by atoms with van der Waals surface area (Å²) in [7, 11) is -6.91. The quantitative estimate of drug-likeness (QED) is 0.0418. The highest BCUT2D eigenvalue weighted by molar-refractivity contribution is 7.91. The average Bonchev–Trinajstić information content (AvgIpc) is 1.55. The zero-order chi connectivity index (χ0) is 66.2. The van der Waals surface area contributed by atoms with Gasteiger partial charge in [-0.1, -0.05) is 50.8 Å². The highest BCUT2D eigenvalue weighted by Crippen LogP contribution is 2.62. The molecule has 2 aliphatic heterocycles.